The quantitative estimate of drug-likeness (QED) is 0.517. The number of hydrogen-bond acceptors (Lipinski definition) is 4. The Kier molecular flexibility index (Phi) is 9.07. The molecule has 5 nitrogen and oxygen atoms in total. The molecule has 1 aliphatic carbocycles. The predicted octanol–water partition coefficient (Wildman–Crippen LogP) is 2.53. The maximum atomic E-state index is 12.2. The number of nitrogens with one attached hydrogen (secondary N) is 2. The molecule has 25 heavy (non-hydrogen) atoms. The summed E-state index contributed by atoms with van der Waals surface area (Å²) in [7, 11) is -0.686. The van der Waals surface area contributed by atoms with E-state index in [0.29, 0.717) is 11.3 Å². The van der Waals surface area contributed by atoms with Crippen LogP contribution in [0.4, 0.5) is 0 Å². The Hall–Kier alpha value is -0.270. The summed E-state index contributed by atoms with van der Waals surface area (Å²) in [6.07, 6.45) is 8.71. The molecule has 0 spiro atoms. The number of rotatable bonds is 7. The van der Waals surface area contributed by atoms with Gasteiger partial charge in [0.2, 0.25) is 0 Å². The van der Waals surface area contributed by atoms with E-state index in [-0.39, 0.29) is 4.75 Å². The smallest absolute Gasteiger partial charge is 0.191 e. The van der Waals surface area contributed by atoms with E-state index in [2.05, 4.69) is 23.8 Å². The van der Waals surface area contributed by atoms with Crippen LogP contribution < -0.4 is 10.6 Å². The topological polar surface area (TPSA) is 62.7 Å². The van der Waals surface area contributed by atoms with Crippen LogP contribution in [0.25, 0.3) is 0 Å². The molecule has 3 atom stereocenters. The lowest BCUT2D eigenvalue weighted by Gasteiger charge is -2.35. The molecule has 2 aliphatic rings. The van der Waals surface area contributed by atoms with E-state index < -0.39 is 10.8 Å². The van der Waals surface area contributed by atoms with Crippen molar-refractivity contribution in [2.45, 2.75) is 68.4 Å². The van der Waals surface area contributed by atoms with Gasteiger partial charge in [0.25, 0.3) is 0 Å². The van der Waals surface area contributed by atoms with Crippen molar-refractivity contribution in [2.75, 3.05) is 38.3 Å². The molecule has 7 heteroatoms. The average Bonchev–Trinajstić information content (AvgIpc) is 2.66. The van der Waals surface area contributed by atoms with Gasteiger partial charge in [-0.2, -0.15) is 11.8 Å². The highest BCUT2D eigenvalue weighted by Crippen LogP contribution is 2.34. The third-order valence-electron chi connectivity index (χ3n) is 5.33. The summed E-state index contributed by atoms with van der Waals surface area (Å²) >= 11 is 1.92. The van der Waals surface area contributed by atoms with Crippen molar-refractivity contribution in [3.05, 3.63) is 0 Å². The fourth-order valence-corrected chi connectivity index (χ4v) is 5.77. The second kappa shape index (κ2) is 10.8. The molecule has 0 amide bonds. The summed E-state index contributed by atoms with van der Waals surface area (Å²) in [4.78, 5) is 4.91. The summed E-state index contributed by atoms with van der Waals surface area (Å²) in [6, 6.07) is 0.381. The van der Waals surface area contributed by atoms with Crippen LogP contribution in [0.1, 0.15) is 52.4 Å². The lowest BCUT2D eigenvalue weighted by molar-refractivity contribution is 0.0794. The van der Waals surface area contributed by atoms with E-state index in [9.17, 15) is 4.21 Å². The minimum atomic E-state index is -0.686. The predicted molar refractivity (Wildman–Crippen MR) is 110 cm³/mol. The summed E-state index contributed by atoms with van der Waals surface area (Å²) in [5.74, 6) is 1.68. The van der Waals surface area contributed by atoms with Gasteiger partial charge in [0.15, 0.2) is 5.96 Å². The van der Waals surface area contributed by atoms with E-state index >= 15 is 0 Å². The van der Waals surface area contributed by atoms with Crippen molar-refractivity contribution >= 4 is 28.5 Å². The van der Waals surface area contributed by atoms with Crippen molar-refractivity contribution in [1.82, 2.24) is 10.6 Å². The lowest BCUT2D eigenvalue weighted by atomic mass is 9.95. The van der Waals surface area contributed by atoms with Gasteiger partial charge in [-0.25, -0.2) is 0 Å². The average molecular weight is 390 g/mol. The van der Waals surface area contributed by atoms with E-state index in [1.54, 1.807) is 0 Å². The Labute approximate surface area is 160 Å². The molecule has 2 N–H and O–H groups in total. The standard InChI is InChI=1S/C18H35N3O2S2/c1-4-19-17(20-14-18(24-3)9-11-23-12-10-18)21-15-7-6-8-16(13-15)25(22)5-2/h15-16H,4-14H2,1-3H3,(H2,19,20,21). The minimum Gasteiger partial charge on any atom is -0.381 e. The number of nitrogens with zero attached hydrogens (tertiary/aromatic N) is 1. The largest absolute Gasteiger partial charge is 0.381 e. The molecule has 0 bridgehead atoms. The maximum Gasteiger partial charge on any atom is 0.191 e. The van der Waals surface area contributed by atoms with Crippen LogP contribution in [-0.2, 0) is 15.5 Å². The highest BCUT2D eigenvalue weighted by Gasteiger charge is 2.32. The first kappa shape index (κ1) is 21.0. The number of ether oxygens (including phenoxy) is 1. The lowest BCUT2D eigenvalue weighted by Crippen LogP contribution is -2.47. The summed E-state index contributed by atoms with van der Waals surface area (Å²) in [6.45, 7) is 7.49. The zero-order chi connectivity index (χ0) is 18.1. The van der Waals surface area contributed by atoms with Crippen molar-refractivity contribution in [2.24, 2.45) is 4.99 Å². The van der Waals surface area contributed by atoms with Crippen LogP contribution in [-0.4, -0.2) is 64.5 Å². The Morgan fingerprint density at radius 3 is 2.72 bits per heavy atom. The Morgan fingerprint density at radius 2 is 2.08 bits per heavy atom. The van der Waals surface area contributed by atoms with Crippen LogP contribution >= 0.6 is 11.8 Å². The Balaban J connectivity index is 1.95. The molecule has 146 valence electrons. The third kappa shape index (κ3) is 6.43. The summed E-state index contributed by atoms with van der Waals surface area (Å²) in [5, 5.41) is 7.34. The minimum absolute atomic E-state index is 0.208. The number of aliphatic imine (C=N–C) groups is 1. The van der Waals surface area contributed by atoms with Crippen molar-refractivity contribution in [3.8, 4) is 0 Å². The summed E-state index contributed by atoms with van der Waals surface area (Å²) < 4.78 is 17.9. The van der Waals surface area contributed by atoms with Crippen molar-refractivity contribution in [3.63, 3.8) is 0 Å². The van der Waals surface area contributed by atoms with Crippen LogP contribution in [0.15, 0.2) is 4.99 Å². The number of thioether (sulfide) groups is 1. The number of guanidine groups is 1. The monoisotopic (exact) mass is 389 g/mol. The van der Waals surface area contributed by atoms with Gasteiger partial charge in [-0.3, -0.25) is 9.20 Å². The first-order valence-corrected chi connectivity index (χ1v) is 12.3. The SMILES string of the molecule is CCNC(=NCC1(SC)CCOCC1)NC1CCCC(S(=O)CC)C1. The molecular formula is C18H35N3O2S2. The molecule has 0 aromatic carbocycles. The zero-order valence-corrected chi connectivity index (χ0v) is 17.6. The molecule has 2 rings (SSSR count). The van der Waals surface area contributed by atoms with E-state index in [1.807, 2.05) is 18.7 Å². The Morgan fingerprint density at radius 1 is 1.32 bits per heavy atom. The van der Waals surface area contributed by atoms with Crippen molar-refractivity contribution < 1.29 is 8.95 Å². The molecule has 1 aliphatic heterocycles. The van der Waals surface area contributed by atoms with E-state index in [4.69, 9.17) is 9.73 Å². The van der Waals surface area contributed by atoms with Gasteiger partial charge in [-0.1, -0.05) is 13.3 Å². The fraction of sp³-hybridized carbons (Fsp3) is 0.944. The fourth-order valence-electron chi connectivity index (χ4n) is 3.66. The second-order valence-electron chi connectivity index (χ2n) is 6.99. The maximum absolute atomic E-state index is 12.2. The van der Waals surface area contributed by atoms with E-state index in [0.717, 1.165) is 76.5 Å². The number of hydrogen-bond donors (Lipinski definition) is 2. The molecule has 3 unspecified atom stereocenters. The van der Waals surface area contributed by atoms with Crippen LogP contribution in [0.2, 0.25) is 0 Å². The molecule has 2 fully saturated rings. The van der Waals surface area contributed by atoms with E-state index in [1.165, 1.54) is 0 Å². The van der Waals surface area contributed by atoms with Crippen molar-refractivity contribution in [1.29, 1.82) is 0 Å². The van der Waals surface area contributed by atoms with Gasteiger partial charge < -0.3 is 15.4 Å². The zero-order valence-electron chi connectivity index (χ0n) is 16.0. The Bertz CT molecular complexity index is 454. The third-order valence-corrected chi connectivity index (χ3v) is 8.47. The van der Waals surface area contributed by atoms with Crippen LogP contribution in [0.3, 0.4) is 0 Å². The highest BCUT2D eigenvalue weighted by molar-refractivity contribution is 8.00. The first-order valence-electron chi connectivity index (χ1n) is 9.67. The molecule has 1 saturated heterocycles. The van der Waals surface area contributed by atoms with Gasteiger partial charge in [-0.15, -0.1) is 0 Å². The second-order valence-corrected chi connectivity index (χ2v) is 10.3. The van der Waals surface area contributed by atoms with Gasteiger partial charge >= 0.3 is 0 Å². The summed E-state index contributed by atoms with van der Waals surface area (Å²) in [5.41, 5.74) is 0. The molecular weight excluding hydrogens is 354 g/mol. The van der Waals surface area contributed by atoms with Crippen LogP contribution in [0.5, 0.6) is 0 Å². The van der Waals surface area contributed by atoms with Gasteiger partial charge in [0.05, 0.1) is 6.54 Å². The van der Waals surface area contributed by atoms with Crippen LogP contribution in [0, 0.1) is 0 Å². The van der Waals surface area contributed by atoms with Gasteiger partial charge in [0.1, 0.15) is 0 Å². The first-order chi connectivity index (χ1) is 12.1. The molecule has 0 radical (unpaired) electrons. The highest BCUT2D eigenvalue weighted by atomic mass is 32.2. The normalized spacial score (nSPS) is 28.4. The van der Waals surface area contributed by atoms with Gasteiger partial charge in [-0.05, 0) is 45.3 Å². The molecule has 0 aromatic heterocycles. The molecule has 0 aromatic rings. The molecule has 1 saturated carbocycles. The molecule has 1 heterocycles. The van der Waals surface area contributed by atoms with Gasteiger partial charge in [0, 0.05) is 52.3 Å².